The second-order valence-corrected chi connectivity index (χ2v) is 7.23. The second kappa shape index (κ2) is 11.6. The van der Waals surface area contributed by atoms with Crippen LogP contribution in [-0.2, 0) is 19.2 Å². The number of carboxylic acids is 2. The fraction of sp³-hybridized carbons (Fsp3) is 0.789. The standard InChI is InChI=1S/C19H32N2O6/c1-3-5-10-14(18(24)25)20-16(22)12-8-7-9-13(12)17(23)21-15(19(26)27)11-6-4-2/h12-15H,3-11H2,1-2H3,(H,20,22)(H,21,23)(H,24,25)(H,26,27)/t12-,13-,14+,15+/m1/s1. The number of aliphatic carboxylic acids is 2. The fourth-order valence-electron chi connectivity index (χ4n) is 3.48. The molecule has 0 aromatic carbocycles. The van der Waals surface area contributed by atoms with Crippen molar-refractivity contribution in [1.82, 2.24) is 10.6 Å². The van der Waals surface area contributed by atoms with Crippen molar-refractivity contribution in [2.45, 2.75) is 83.7 Å². The number of hydrogen-bond acceptors (Lipinski definition) is 4. The van der Waals surface area contributed by atoms with Crippen molar-refractivity contribution in [3.05, 3.63) is 0 Å². The Kier molecular flexibility index (Phi) is 9.82. The van der Waals surface area contributed by atoms with E-state index < -0.39 is 47.7 Å². The monoisotopic (exact) mass is 384 g/mol. The first-order valence-electron chi connectivity index (χ1n) is 9.88. The van der Waals surface area contributed by atoms with E-state index >= 15 is 0 Å². The average Bonchev–Trinajstić information content (AvgIpc) is 3.11. The van der Waals surface area contributed by atoms with Crippen molar-refractivity contribution < 1.29 is 29.4 Å². The molecule has 0 aromatic rings. The van der Waals surface area contributed by atoms with Gasteiger partial charge in [0.05, 0.1) is 0 Å². The molecule has 0 bridgehead atoms. The zero-order chi connectivity index (χ0) is 20.4. The quantitative estimate of drug-likeness (QED) is 0.406. The summed E-state index contributed by atoms with van der Waals surface area (Å²) in [6.45, 7) is 3.88. The Bertz CT molecular complexity index is 490. The Morgan fingerprint density at radius 2 is 1.19 bits per heavy atom. The number of carboxylic acid groups (broad SMARTS) is 2. The molecule has 1 rings (SSSR count). The zero-order valence-corrected chi connectivity index (χ0v) is 16.2. The Balaban J connectivity index is 2.72. The third-order valence-corrected chi connectivity index (χ3v) is 5.11. The van der Waals surface area contributed by atoms with E-state index in [9.17, 15) is 29.4 Å². The molecular weight excluding hydrogens is 352 g/mol. The van der Waals surface area contributed by atoms with Crippen molar-refractivity contribution in [2.24, 2.45) is 11.8 Å². The molecule has 27 heavy (non-hydrogen) atoms. The number of carbonyl (C=O) groups is 4. The molecule has 0 saturated heterocycles. The van der Waals surface area contributed by atoms with E-state index in [0.717, 1.165) is 12.8 Å². The van der Waals surface area contributed by atoms with Gasteiger partial charge in [0.25, 0.3) is 0 Å². The van der Waals surface area contributed by atoms with Gasteiger partial charge in [-0.25, -0.2) is 9.59 Å². The molecule has 0 aliphatic heterocycles. The Morgan fingerprint density at radius 1 is 0.815 bits per heavy atom. The molecule has 1 aliphatic carbocycles. The summed E-state index contributed by atoms with van der Waals surface area (Å²) in [6, 6.07) is -1.92. The van der Waals surface area contributed by atoms with Crippen LogP contribution in [0.1, 0.15) is 71.6 Å². The summed E-state index contributed by atoms with van der Waals surface area (Å²) < 4.78 is 0. The number of unbranched alkanes of at least 4 members (excludes halogenated alkanes) is 2. The molecule has 0 heterocycles. The summed E-state index contributed by atoms with van der Waals surface area (Å²) in [6.07, 6.45) is 5.37. The summed E-state index contributed by atoms with van der Waals surface area (Å²) in [5, 5.41) is 23.6. The smallest absolute Gasteiger partial charge is 0.326 e. The number of nitrogens with one attached hydrogen (secondary N) is 2. The minimum Gasteiger partial charge on any atom is -0.480 e. The first-order chi connectivity index (χ1) is 12.8. The van der Waals surface area contributed by atoms with E-state index in [1.165, 1.54) is 0 Å². The number of rotatable bonds is 12. The van der Waals surface area contributed by atoms with Crippen molar-refractivity contribution >= 4 is 23.8 Å². The van der Waals surface area contributed by atoms with Gasteiger partial charge < -0.3 is 20.8 Å². The molecular formula is C19H32N2O6. The highest BCUT2D eigenvalue weighted by molar-refractivity contribution is 5.92. The van der Waals surface area contributed by atoms with Crippen LogP contribution in [0.4, 0.5) is 0 Å². The Labute approximate surface area is 160 Å². The summed E-state index contributed by atoms with van der Waals surface area (Å²) in [5.74, 6) is -4.26. The molecule has 1 fully saturated rings. The number of amides is 2. The maximum atomic E-state index is 12.6. The minimum absolute atomic E-state index is 0.346. The van der Waals surface area contributed by atoms with E-state index in [-0.39, 0.29) is 0 Å². The normalized spacial score (nSPS) is 21.3. The highest BCUT2D eigenvalue weighted by Gasteiger charge is 2.39. The molecule has 0 spiro atoms. The van der Waals surface area contributed by atoms with Gasteiger partial charge in [-0.15, -0.1) is 0 Å². The van der Waals surface area contributed by atoms with E-state index in [4.69, 9.17) is 0 Å². The SMILES string of the molecule is CCCC[C@H](NC(=O)[C@@H]1CCC[C@H]1C(=O)N[C@@H](CCCC)C(=O)O)C(=O)O. The molecule has 0 unspecified atom stereocenters. The van der Waals surface area contributed by atoms with Crippen LogP contribution >= 0.6 is 0 Å². The highest BCUT2D eigenvalue weighted by atomic mass is 16.4. The minimum atomic E-state index is -1.08. The summed E-state index contributed by atoms with van der Waals surface area (Å²) in [4.78, 5) is 47.8. The van der Waals surface area contributed by atoms with Crippen molar-refractivity contribution in [1.29, 1.82) is 0 Å². The van der Waals surface area contributed by atoms with Crippen molar-refractivity contribution in [3.8, 4) is 0 Å². The van der Waals surface area contributed by atoms with Gasteiger partial charge in [-0.2, -0.15) is 0 Å². The Morgan fingerprint density at radius 3 is 1.48 bits per heavy atom. The molecule has 0 aromatic heterocycles. The van der Waals surface area contributed by atoms with Gasteiger partial charge >= 0.3 is 11.9 Å². The third kappa shape index (κ3) is 7.19. The number of carbonyl (C=O) groups excluding carboxylic acids is 2. The first-order valence-corrected chi connectivity index (χ1v) is 9.88. The van der Waals surface area contributed by atoms with Crippen LogP contribution in [0.25, 0.3) is 0 Å². The van der Waals surface area contributed by atoms with Crippen LogP contribution in [0, 0.1) is 11.8 Å². The van der Waals surface area contributed by atoms with Gasteiger partial charge in [-0.05, 0) is 25.7 Å². The van der Waals surface area contributed by atoms with Crippen molar-refractivity contribution in [3.63, 3.8) is 0 Å². The first kappa shape index (κ1) is 22.9. The lowest BCUT2D eigenvalue weighted by molar-refractivity contribution is -0.145. The van der Waals surface area contributed by atoms with Crippen LogP contribution in [0.2, 0.25) is 0 Å². The lowest BCUT2D eigenvalue weighted by Gasteiger charge is -2.23. The summed E-state index contributed by atoms with van der Waals surface area (Å²) in [5.41, 5.74) is 0. The maximum absolute atomic E-state index is 12.6. The van der Waals surface area contributed by atoms with Crippen LogP contribution in [0.15, 0.2) is 0 Å². The molecule has 8 heteroatoms. The molecule has 1 saturated carbocycles. The molecule has 4 atom stereocenters. The van der Waals surface area contributed by atoms with Crippen LogP contribution in [-0.4, -0.2) is 46.0 Å². The van der Waals surface area contributed by atoms with Gasteiger partial charge in [-0.3, -0.25) is 9.59 Å². The fourth-order valence-corrected chi connectivity index (χ4v) is 3.48. The van der Waals surface area contributed by atoms with Gasteiger partial charge in [0.2, 0.25) is 11.8 Å². The summed E-state index contributed by atoms with van der Waals surface area (Å²) in [7, 11) is 0. The number of hydrogen-bond donors (Lipinski definition) is 4. The lowest BCUT2D eigenvalue weighted by Crippen LogP contribution is -2.48. The highest BCUT2D eigenvalue weighted by Crippen LogP contribution is 2.32. The average molecular weight is 384 g/mol. The predicted octanol–water partition coefficient (Wildman–Crippen LogP) is 1.92. The van der Waals surface area contributed by atoms with E-state index in [2.05, 4.69) is 10.6 Å². The maximum Gasteiger partial charge on any atom is 0.326 e. The zero-order valence-electron chi connectivity index (χ0n) is 16.2. The Hall–Kier alpha value is -2.12. The van der Waals surface area contributed by atoms with E-state index in [0.29, 0.717) is 44.9 Å². The van der Waals surface area contributed by atoms with Gasteiger partial charge in [0, 0.05) is 11.8 Å². The van der Waals surface area contributed by atoms with E-state index in [1.54, 1.807) is 0 Å². The lowest BCUT2D eigenvalue weighted by atomic mass is 9.93. The molecule has 154 valence electrons. The second-order valence-electron chi connectivity index (χ2n) is 7.23. The van der Waals surface area contributed by atoms with Gasteiger partial charge in [0.1, 0.15) is 12.1 Å². The largest absolute Gasteiger partial charge is 0.480 e. The predicted molar refractivity (Wildman–Crippen MR) is 99.0 cm³/mol. The van der Waals surface area contributed by atoms with Crippen LogP contribution in [0.3, 0.4) is 0 Å². The van der Waals surface area contributed by atoms with Crippen LogP contribution in [0.5, 0.6) is 0 Å². The summed E-state index contributed by atoms with van der Waals surface area (Å²) >= 11 is 0. The molecule has 4 N–H and O–H groups in total. The molecule has 1 aliphatic rings. The van der Waals surface area contributed by atoms with Crippen molar-refractivity contribution in [2.75, 3.05) is 0 Å². The van der Waals surface area contributed by atoms with E-state index in [1.807, 2.05) is 13.8 Å². The van der Waals surface area contributed by atoms with Gasteiger partial charge in [-0.1, -0.05) is 46.0 Å². The molecule has 2 amide bonds. The molecule has 8 nitrogen and oxygen atoms in total. The molecule has 0 radical (unpaired) electrons. The van der Waals surface area contributed by atoms with Gasteiger partial charge in [0.15, 0.2) is 0 Å². The van der Waals surface area contributed by atoms with Crippen LogP contribution < -0.4 is 10.6 Å². The topological polar surface area (TPSA) is 133 Å². The third-order valence-electron chi connectivity index (χ3n) is 5.11.